The fourth-order valence-corrected chi connectivity index (χ4v) is 1.97. The Morgan fingerprint density at radius 2 is 2.05 bits per heavy atom. The number of aromatic nitrogens is 2. The monoisotopic (exact) mass is 263 g/mol. The van der Waals surface area contributed by atoms with E-state index in [1.54, 1.807) is 0 Å². The van der Waals surface area contributed by atoms with Gasteiger partial charge in [-0.25, -0.2) is 0 Å². The molecule has 1 aromatic heterocycles. The summed E-state index contributed by atoms with van der Waals surface area (Å²) in [6.07, 6.45) is 8.80. The minimum atomic E-state index is 0.152. The van der Waals surface area contributed by atoms with E-state index in [1.165, 1.54) is 30.5 Å². The van der Waals surface area contributed by atoms with Crippen LogP contribution >= 0.6 is 0 Å². The summed E-state index contributed by atoms with van der Waals surface area (Å²) < 4.78 is 2.13. The van der Waals surface area contributed by atoms with Gasteiger partial charge in [-0.3, -0.25) is 4.68 Å². The van der Waals surface area contributed by atoms with E-state index in [2.05, 4.69) is 49.4 Å². The summed E-state index contributed by atoms with van der Waals surface area (Å²) in [5.41, 5.74) is 2.75. The van der Waals surface area contributed by atoms with Gasteiger partial charge in [0.15, 0.2) is 0 Å². The highest BCUT2D eigenvalue weighted by Gasteiger charge is 2.11. The molecule has 0 aliphatic heterocycles. The van der Waals surface area contributed by atoms with E-state index >= 15 is 0 Å². The molecule has 0 fully saturated rings. The molecule has 3 heteroatoms. The van der Waals surface area contributed by atoms with Crippen molar-refractivity contribution in [2.45, 2.75) is 72.0 Å². The lowest BCUT2D eigenvalue weighted by molar-refractivity contribution is 0.423. The molecule has 0 aliphatic carbocycles. The van der Waals surface area contributed by atoms with Crippen LogP contribution in [0.5, 0.6) is 0 Å². The van der Waals surface area contributed by atoms with Gasteiger partial charge in [-0.2, -0.15) is 5.10 Å². The lowest BCUT2D eigenvalue weighted by Gasteiger charge is -2.20. The Morgan fingerprint density at radius 1 is 1.32 bits per heavy atom. The Kier molecular flexibility index (Phi) is 6.29. The summed E-state index contributed by atoms with van der Waals surface area (Å²) in [6.45, 7) is 14.4. The van der Waals surface area contributed by atoms with Crippen molar-refractivity contribution < 1.29 is 0 Å². The molecular weight excluding hydrogens is 234 g/mol. The number of allylic oxidation sites excluding steroid dienone is 1. The van der Waals surface area contributed by atoms with Crippen LogP contribution in [0.15, 0.2) is 18.9 Å². The Labute approximate surface area is 118 Å². The molecule has 1 rings (SSSR count). The highest BCUT2D eigenvalue weighted by molar-refractivity contribution is 5.16. The fourth-order valence-electron chi connectivity index (χ4n) is 1.97. The van der Waals surface area contributed by atoms with E-state index in [1.807, 2.05) is 12.3 Å². The average Bonchev–Trinajstić information content (AvgIpc) is 2.67. The zero-order valence-electron chi connectivity index (χ0n) is 13.0. The van der Waals surface area contributed by atoms with Gasteiger partial charge in [-0.05, 0) is 47.0 Å². The summed E-state index contributed by atoms with van der Waals surface area (Å²) in [4.78, 5) is 0. The van der Waals surface area contributed by atoms with Crippen LogP contribution in [-0.2, 0) is 13.1 Å². The number of nitrogens with one attached hydrogen (secondary N) is 1. The highest BCUT2D eigenvalue weighted by atomic mass is 15.3. The minimum absolute atomic E-state index is 0.152. The van der Waals surface area contributed by atoms with Crippen molar-refractivity contribution in [3.63, 3.8) is 0 Å². The molecule has 1 aromatic rings. The van der Waals surface area contributed by atoms with Gasteiger partial charge in [0.25, 0.3) is 0 Å². The molecule has 108 valence electrons. The third-order valence-electron chi connectivity index (χ3n) is 3.29. The van der Waals surface area contributed by atoms with Crippen molar-refractivity contribution in [2.24, 2.45) is 0 Å². The van der Waals surface area contributed by atoms with E-state index in [4.69, 9.17) is 0 Å². The molecule has 0 bridgehead atoms. The first-order valence-corrected chi connectivity index (χ1v) is 7.31. The second kappa shape index (κ2) is 7.49. The number of nitrogens with zero attached hydrogens (tertiary/aromatic N) is 2. The fraction of sp³-hybridized carbons (Fsp3) is 0.688. The Hall–Kier alpha value is -1.09. The predicted molar refractivity (Wildman–Crippen MR) is 82.2 cm³/mol. The maximum Gasteiger partial charge on any atom is 0.0537 e. The van der Waals surface area contributed by atoms with E-state index in [0.29, 0.717) is 0 Å². The standard InChI is InChI=1S/C16H29N3/c1-6-7-8-9-10-11-19-14(2)15(13-18-19)12-17-16(3,4)5/h6,13,17H,1,7-12H2,2-5H3. The largest absolute Gasteiger partial charge is 0.308 e. The summed E-state index contributed by atoms with van der Waals surface area (Å²) in [7, 11) is 0. The summed E-state index contributed by atoms with van der Waals surface area (Å²) in [5.74, 6) is 0. The first-order chi connectivity index (χ1) is 8.94. The molecule has 0 aliphatic rings. The normalized spacial score (nSPS) is 11.8. The van der Waals surface area contributed by atoms with Gasteiger partial charge in [0.1, 0.15) is 0 Å². The van der Waals surface area contributed by atoms with Gasteiger partial charge in [-0.15, -0.1) is 6.58 Å². The molecule has 3 nitrogen and oxygen atoms in total. The van der Waals surface area contributed by atoms with Crippen LogP contribution in [0.1, 0.15) is 57.7 Å². The Balaban J connectivity index is 2.40. The topological polar surface area (TPSA) is 29.9 Å². The number of unbranched alkanes of at least 4 members (excludes halogenated alkanes) is 3. The number of aryl methyl sites for hydroxylation is 1. The Bertz CT molecular complexity index is 385. The average molecular weight is 263 g/mol. The first-order valence-electron chi connectivity index (χ1n) is 7.31. The number of hydrogen-bond acceptors (Lipinski definition) is 2. The molecular formula is C16H29N3. The van der Waals surface area contributed by atoms with Crippen molar-refractivity contribution >= 4 is 0 Å². The van der Waals surface area contributed by atoms with Crippen molar-refractivity contribution in [1.29, 1.82) is 0 Å². The van der Waals surface area contributed by atoms with Crippen molar-refractivity contribution in [1.82, 2.24) is 15.1 Å². The summed E-state index contributed by atoms with van der Waals surface area (Å²) in [5, 5.41) is 8.00. The van der Waals surface area contributed by atoms with E-state index in [0.717, 1.165) is 19.5 Å². The second-order valence-electron chi connectivity index (χ2n) is 6.22. The third-order valence-corrected chi connectivity index (χ3v) is 3.29. The van der Waals surface area contributed by atoms with Gasteiger partial charge in [0.05, 0.1) is 6.20 Å². The molecule has 0 amide bonds. The van der Waals surface area contributed by atoms with E-state index in [9.17, 15) is 0 Å². The van der Waals surface area contributed by atoms with Crippen LogP contribution in [0.3, 0.4) is 0 Å². The van der Waals surface area contributed by atoms with Crippen LogP contribution in [0.4, 0.5) is 0 Å². The third kappa shape index (κ3) is 6.06. The molecule has 0 saturated carbocycles. The maximum absolute atomic E-state index is 4.49. The molecule has 0 aromatic carbocycles. The van der Waals surface area contributed by atoms with Crippen LogP contribution in [0.25, 0.3) is 0 Å². The van der Waals surface area contributed by atoms with Crippen LogP contribution < -0.4 is 5.32 Å². The van der Waals surface area contributed by atoms with Gasteiger partial charge < -0.3 is 5.32 Å². The first kappa shape index (κ1) is 16.0. The lowest BCUT2D eigenvalue weighted by atomic mass is 10.1. The van der Waals surface area contributed by atoms with Crippen LogP contribution in [0.2, 0.25) is 0 Å². The quantitative estimate of drug-likeness (QED) is 0.570. The lowest BCUT2D eigenvalue weighted by Crippen LogP contribution is -2.35. The zero-order valence-corrected chi connectivity index (χ0v) is 13.0. The highest BCUT2D eigenvalue weighted by Crippen LogP contribution is 2.11. The second-order valence-corrected chi connectivity index (χ2v) is 6.22. The SMILES string of the molecule is C=CCCCCCn1ncc(CNC(C)(C)C)c1C. The Morgan fingerprint density at radius 3 is 2.68 bits per heavy atom. The minimum Gasteiger partial charge on any atom is -0.308 e. The van der Waals surface area contributed by atoms with E-state index in [-0.39, 0.29) is 5.54 Å². The molecule has 0 saturated heterocycles. The molecule has 0 atom stereocenters. The summed E-state index contributed by atoms with van der Waals surface area (Å²) >= 11 is 0. The van der Waals surface area contributed by atoms with E-state index < -0.39 is 0 Å². The number of hydrogen-bond donors (Lipinski definition) is 1. The molecule has 0 radical (unpaired) electrons. The van der Waals surface area contributed by atoms with Crippen molar-refractivity contribution in [3.8, 4) is 0 Å². The molecule has 19 heavy (non-hydrogen) atoms. The van der Waals surface area contributed by atoms with Crippen molar-refractivity contribution in [3.05, 3.63) is 30.1 Å². The van der Waals surface area contributed by atoms with Gasteiger partial charge in [0.2, 0.25) is 0 Å². The zero-order chi connectivity index (χ0) is 14.3. The predicted octanol–water partition coefficient (Wildman–Crippen LogP) is 3.83. The molecule has 0 spiro atoms. The summed E-state index contributed by atoms with van der Waals surface area (Å²) in [6, 6.07) is 0. The van der Waals surface area contributed by atoms with Crippen LogP contribution in [-0.4, -0.2) is 15.3 Å². The van der Waals surface area contributed by atoms with Gasteiger partial charge >= 0.3 is 0 Å². The molecule has 0 unspecified atom stereocenters. The smallest absolute Gasteiger partial charge is 0.0537 e. The maximum atomic E-state index is 4.49. The number of rotatable bonds is 8. The molecule has 1 N–H and O–H groups in total. The van der Waals surface area contributed by atoms with Crippen LogP contribution in [0, 0.1) is 6.92 Å². The van der Waals surface area contributed by atoms with Gasteiger partial charge in [0, 0.05) is 29.9 Å². The van der Waals surface area contributed by atoms with Crippen molar-refractivity contribution in [2.75, 3.05) is 0 Å². The van der Waals surface area contributed by atoms with Gasteiger partial charge in [-0.1, -0.05) is 12.5 Å². The molecule has 1 heterocycles.